The molecule has 20 heavy (non-hydrogen) atoms. The van der Waals surface area contributed by atoms with E-state index in [1.165, 1.54) is 25.8 Å². The van der Waals surface area contributed by atoms with Gasteiger partial charge < -0.3 is 16.0 Å². The van der Waals surface area contributed by atoms with Gasteiger partial charge in [0.2, 0.25) is 5.91 Å². The van der Waals surface area contributed by atoms with Crippen LogP contribution in [0.4, 0.5) is 11.4 Å². The van der Waals surface area contributed by atoms with Gasteiger partial charge in [0.15, 0.2) is 0 Å². The normalized spacial score (nSPS) is 19.8. The maximum atomic E-state index is 11.9. The largest absolute Gasteiger partial charge is 0.399 e. The average molecular weight is 275 g/mol. The molecule has 1 aromatic rings. The van der Waals surface area contributed by atoms with Crippen LogP contribution in [0, 0.1) is 0 Å². The average Bonchev–Trinajstić information content (AvgIpc) is 2.41. The summed E-state index contributed by atoms with van der Waals surface area (Å²) in [5.41, 5.74) is 7.14. The SMILES string of the molecule is CC1CCCCN1CCCC(=O)Nc1cccc(N)c1. The van der Waals surface area contributed by atoms with E-state index in [1.807, 2.05) is 18.2 Å². The predicted octanol–water partition coefficient (Wildman–Crippen LogP) is 2.86. The van der Waals surface area contributed by atoms with E-state index in [0.29, 0.717) is 18.2 Å². The van der Waals surface area contributed by atoms with Gasteiger partial charge in [-0.1, -0.05) is 12.5 Å². The van der Waals surface area contributed by atoms with Crippen molar-refractivity contribution in [2.24, 2.45) is 0 Å². The highest BCUT2D eigenvalue weighted by Crippen LogP contribution is 2.17. The molecule has 110 valence electrons. The molecule has 4 heteroatoms. The Hall–Kier alpha value is -1.55. The minimum Gasteiger partial charge on any atom is -0.399 e. The molecule has 1 atom stereocenters. The van der Waals surface area contributed by atoms with Crippen LogP contribution in [0.5, 0.6) is 0 Å². The van der Waals surface area contributed by atoms with E-state index < -0.39 is 0 Å². The molecule has 1 fully saturated rings. The minimum absolute atomic E-state index is 0.0697. The van der Waals surface area contributed by atoms with Crippen LogP contribution in [0.3, 0.4) is 0 Å². The standard InChI is InChI=1S/C16H25N3O/c1-13-6-2-3-10-19(13)11-5-9-16(20)18-15-8-4-7-14(17)12-15/h4,7-8,12-13H,2-3,5-6,9-11,17H2,1H3,(H,18,20). The first-order valence-corrected chi connectivity index (χ1v) is 7.54. The molecule has 0 spiro atoms. The van der Waals surface area contributed by atoms with Crippen LogP contribution in [0.1, 0.15) is 39.0 Å². The van der Waals surface area contributed by atoms with Gasteiger partial charge in [-0.05, 0) is 57.5 Å². The second-order valence-corrected chi connectivity index (χ2v) is 5.66. The fourth-order valence-electron chi connectivity index (χ4n) is 2.77. The molecule has 1 aliphatic heterocycles. The van der Waals surface area contributed by atoms with Crippen molar-refractivity contribution in [3.05, 3.63) is 24.3 Å². The van der Waals surface area contributed by atoms with Crippen LogP contribution in [0.2, 0.25) is 0 Å². The lowest BCUT2D eigenvalue weighted by atomic mass is 10.0. The number of benzene rings is 1. The number of rotatable bonds is 5. The third-order valence-corrected chi connectivity index (χ3v) is 3.96. The number of hydrogen-bond donors (Lipinski definition) is 2. The molecule has 0 bridgehead atoms. The van der Waals surface area contributed by atoms with Gasteiger partial charge in [0.05, 0.1) is 0 Å². The smallest absolute Gasteiger partial charge is 0.224 e. The van der Waals surface area contributed by atoms with Crippen molar-refractivity contribution in [2.75, 3.05) is 24.1 Å². The lowest BCUT2D eigenvalue weighted by molar-refractivity contribution is -0.116. The van der Waals surface area contributed by atoms with Gasteiger partial charge >= 0.3 is 0 Å². The summed E-state index contributed by atoms with van der Waals surface area (Å²) in [6, 6.07) is 7.97. The number of amides is 1. The predicted molar refractivity (Wildman–Crippen MR) is 83.6 cm³/mol. The number of hydrogen-bond acceptors (Lipinski definition) is 3. The summed E-state index contributed by atoms with van der Waals surface area (Å²) in [6.45, 7) is 4.48. The maximum absolute atomic E-state index is 11.9. The van der Waals surface area contributed by atoms with Crippen molar-refractivity contribution in [2.45, 2.75) is 45.1 Å². The van der Waals surface area contributed by atoms with E-state index >= 15 is 0 Å². The Kier molecular flexibility index (Phi) is 5.41. The molecule has 0 radical (unpaired) electrons. The van der Waals surface area contributed by atoms with Gasteiger partial charge in [0, 0.05) is 23.8 Å². The molecular formula is C16H25N3O. The Balaban J connectivity index is 1.70. The van der Waals surface area contributed by atoms with Gasteiger partial charge in [-0.25, -0.2) is 0 Å². The topological polar surface area (TPSA) is 58.4 Å². The molecule has 1 unspecified atom stereocenters. The number of nitrogens with one attached hydrogen (secondary N) is 1. The molecule has 1 aliphatic rings. The second-order valence-electron chi connectivity index (χ2n) is 5.66. The molecule has 1 saturated heterocycles. The summed E-state index contributed by atoms with van der Waals surface area (Å²) in [4.78, 5) is 14.4. The van der Waals surface area contributed by atoms with Crippen molar-refractivity contribution in [1.29, 1.82) is 0 Å². The van der Waals surface area contributed by atoms with E-state index in [1.54, 1.807) is 6.07 Å². The number of likely N-dealkylation sites (tertiary alicyclic amines) is 1. The third-order valence-electron chi connectivity index (χ3n) is 3.96. The summed E-state index contributed by atoms with van der Waals surface area (Å²) in [6.07, 6.45) is 5.40. The number of piperidine rings is 1. The zero-order valence-electron chi connectivity index (χ0n) is 12.3. The molecule has 1 heterocycles. The number of anilines is 2. The van der Waals surface area contributed by atoms with Crippen LogP contribution in [0.15, 0.2) is 24.3 Å². The lowest BCUT2D eigenvalue weighted by Crippen LogP contribution is -2.38. The zero-order chi connectivity index (χ0) is 14.4. The molecule has 1 aromatic carbocycles. The number of nitrogens with zero attached hydrogens (tertiary/aromatic N) is 1. The van der Waals surface area contributed by atoms with Crippen molar-refractivity contribution in [3.63, 3.8) is 0 Å². The van der Waals surface area contributed by atoms with Crippen LogP contribution in [-0.2, 0) is 4.79 Å². The zero-order valence-corrected chi connectivity index (χ0v) is 12.3. The fourth-order valence-corrected chi connectivity index (χ4v) is 2.77. The summed E-state index contributed by atoms with van der Waals surface area (Å²) in [5.74, 6) is 0.0697. The molecule has 4 nitrogen and oxygen atoms in total. The van der Waals surface area contributed by atoms with Gasteiger partial charge in [0.25, 0.3) is 0 Å². The Labute approximate surface area is 121 Å². The molecule has 1 amide bonds. The maximum Gasteiger partial charge on any atom is 0.224 e. The molecule has 0 aromatic heterocycles. The monoisotopic (exact) mass is 275 g/mol. The van der Waals surface area contributed by atoms with Gasteiger partial charge in [-0.2, -0.15) is 0 Å². The van der Waals surface area contributed by atoms with Crippen LogP contribution < -0.4 is 11.1 Å². The fraction of sp³-hybridized carbons (Fsp3) is 0.562. The Morgan fingerprint density at radius 3 is 3.05 bits per heavy atom. The molecular weight excluding hydrogens is 250 g/mol. The Morgan fingerprint density at radius 2 is 2.30 bits per heavy atom. The van der Waals surface area contributed by atoms with Crippen LogP contribution in [0.25, 0.3) is 0 Å². The van der Waals surface area contributed by atoms with Gasteiger partial charge in [-0.3, -0.25) is 4.79 Å². The minimum atomic E-state index is 0.0697. The summed E-state index contributed by atoms with van der Waals surface area (Å²) in [7, 11) is 0. The summed E-state index contributed by atoms with van der Waals surface area (Å²) in [5, 5.41) is 2.89. The Bertz CT molecular complexity index is 447. The molecule has 2 rings (SSSR count). The highest BCUT2D eigenvalue weighted by atomic mass is 16.1. The highest BCUT2D eigenvalue weighted by molar-refractivity contribution is 5.91. The number of carbonyl (C=O) groups excluding carboxylic acids is 1. The van der Waals surface area contributed by atoms with E-state index in [-0.39, 0.29) is 5.91 Å². The van der Waals surface area contributed by atoms with E-state index in [0.717, 1.165) is 18.7 Å². The summed E-state index contributed by atoms with van der Waals surface area (Å²) < 4.78 is 0. The van der Waals surface area contributed by atoms with E-state index in [2.05, 4.69) is 17.1 Å². The molecule has 0 aliphatic carbocycles. The first-order valence-electron chi connectivity index (χ1n) is 7.54. The van der Waals surface area contributed by atoms with Crippen molar-refractivity contribution in [1.82, 2.24) is 4.90 Å². The van der Waals surface area contributed by atoms with Crippen molar-refractivity contribution < 1.29 is 4.79 Å². The quantitative estimate of drug-likeness (QED) is 0.812. The lowest BCUT2D eigenvalue weighted by Gasteiger charge is -2.33. The first kappa shape index (κ1) is 14.9. The number of nitrogens with two attached hydrogens (primary N) is 1. The van der Waals surface area contributed by atoms with E-state index in [9.17, 15) is 4.79 Å². The van der Waals surface area contributed by atoms with Crippen molar-refractivity contribution >= 4 is 17.3 Å². The highest BCUT2D eigenvalue weighted by Gasteiger charge is 2.17. The van der Waals surface area contributed by atoms with E-state index in [4.69, 9.17) is 5.73 Å². The molecule has 0 saturated carbocycles. The van der Waals surface area contributed by atoms with Crippen LogP contribution >= 0.6 is 0 Å². The Morgan fingerprint density at radius 1 is 1.45 bits per heavy atom. The summed E-state index contributed by atoms with van der Waals surface area (Å²) >= 11 is 0. The number of nitrogen functional groups attached to an aromatic ring is 1. The third kappa shape index (κ3) is 4.53. The van der Waals surface area contributed by atoms with Gasteiger partial charge in [0.1, 0.15) is 0 Å². The second kappa shape index (κ2) is 7.29. The van der Waals surface area contributed by atoms with Crippen LogP contribution in [-0.4, -0.2) is 29.9 Å². The number of carbonyl (C=O) groups is 1. The van der Waals surface area contributed by atoms with Gasteiger partial charge in [-0.15, -0.1) is 0 Å². The first-order chi connectivity index (χ1) is 9.65. The van der Waals surface area contributed by atoms with Crippen molar-refractivity contribution in [3.8, 4) is 0 Å². The molecule has 3 N–H and O–H groups in total.